The second-order valence-corrected chi connectivity index (χ2v) is 5.47. The molecule has 0 saturated heterocycles. The first-order valence-electron chi connectivity index (χ1n) is 5.65. The van der Waals surface area contributed by atoms with Gasteiger partial charge in [-0.3, -0.25) is 4.79 Å². The third kappa shape index (κ3) is 4.10. The molecule has 1 rings (SSSR count). The fourth-order valence-corrected chi connectivity index (χ4v) is 2.39. The third-order valence-corrected chi connectivity index (χ3v) is 3.45. The van der Waals surface area contributed by atoms with Crippen molar-refractivity contribution < 1.29 is 20.1 Å². The van der Waals surface area contributed by atoms with E-state index in [4.69, 9.17) is 4.74 Å². The van der Waals surface area contributed by atoms with Crippen LogP contribution in [-0.4, -0.2) is 27.8 Å². The van der Waals surface area contributed by atoms with Gasteiger partial charge in [-0.25, -0.2) is 0 Å². The SMILES string of the molecule is CC(=O)OC(C)(C)[C@H]1CC[C@@](C)(O)CC1.O. The van der Waals surface area contributed by atoms with Gasteiger partial charge in [-0.1, -0.05) is 0 Å². The predicted molar refractivity (Wildman–Crippen MR) is 62.0 cm³/mol. The first kappa shape index (κ1) is 15.4. The van der Waals surface area contributed by atoms with Gasteiger partial charge in [0.1, 0.15) is 5.60 Å². The Kier molecular flexibility index (Phi) is 4.95. The van der Waals surface area contributed by atoms with Crippen molar-refractivity contribution in [2.45, 2.75) is 64.6 Å². The number of carbonyl (C=O) groups is 1. The molecule has 0 aliphatic heterocycles. The highest BCUT2D eigenvalue weighted by Crippen LogP contribution is 2.38. The highest BCUT2D eigenvalue weighted by Gasteiger charge is 2.38. The molecule has 1 fully saturated rings. The number of aliphatic hydroxyl groups is 1. The van der Waals surface area contributed by atoms with Crippen LogP contribution in [0.3, 0.4) is 0 Å². The molecule has 0 atom stereocenters. The maximum Gasteiger partial charge on any atom is 0.303 e. The Labute approximate surface area is 97.3 Å². The fraction of sp³-hybridized carbons (Fsp3) is 0.917. The fourth-order valence-electron chi connectivity index (χ4n) is 2.39. The zero-order valence-electron chi connectivity index (χ0n) is 10.7. The molecule has 0 spiro atoms. The zero-order valence-corrected chi connectivity index (χ0v) is 10.7. The monoisotopic (exact) mass is 232 g/mol. The van der Waals surface area contributed by atoms with E-state index in [2.05, 4.69) is 0 Å². The summed E-state index contributed by atoms with van der Waals surface area (Å²) in [5.41, 5.74) is -0.925. The minimum Gasteiger partial charge on any atom is -0.460 e. The first-order chi connectivity index (χ1) is 6.73. The van der Waals surface area contributed by atoms with E-state index < -0.39 is 11.2 Å². The second-order valence-electron chi connectivity index (χ2n) is 5.47. The maximum atomic E-state index is 11.0. The molecule has 1 saturated carbocycles. The van der Waals surface area contributed by atoms with Crippen LogP contribution in [0, 0.1) is 5.92 Å². The van der Waals surface area contributed by atoms with Gasteiger partial charge >= 0.3 is 5.97 Å². The van der Waals surface area contributed by atoms with Crippen molar-refractivity contribution in [1.82, 2.24) is 0 Å². The Morgan fingerprint density at radius 1 is 1.38 bits per heavy atom. The largest absolute Gasteiger partial charge is 0.460 e. The summed E-state index contributed by atoms with van der Waals surface area (Å²) in [7, 11) is 0. The molecule has 0 aromatic rings. The van der Waals surface area contributed by atoms with Gasteiger partial charge < -0.3 is 15.3 Å². The molecule has 96 valence electrons. The van der Waals surface area contributed by atoms with Crippen molar-refractivity contribution in [1.29, 1.82) is 0 Å². The van der Waals surface area contributed by atoms with Gasteiger partial charge in [-0.15, -0.1) is 0 Å². The third-order valence-electron chi connectivity index (χ3n) is 3.45. The molecular weight excluding hydrogens is 208 g/mol. The number of ether oxygens (including phenoxy) is 1. The molecule has 0 aromatic heterocycles. The van der Waals surface area contributed by atoms with Crippen molar-refractivity contribution in [3.63, 3.8) is 0 Å². The molecule has 4 heteroatoms. The van der Waals surface area contributed by atoms with Crippen LogP contribution in [0.5, 0.6) is 0 Å². The number of rotatable bonds is 2. The average molecular weight is 232 g/mol. The number of hydrogen-bond donors (Lipinski definition) is 1. The lowest BCUT2D eigenvalue weighted by molar-refractivity contribution is -0.162. The highest BCUT2D eigenvalue weighted by atomic mass is 16.6. The van der Waals surface area contributed by atoms with E-state index in [1.807, 2.05) is 20.8 Å². The van der Waals surface area contributed by atoms with Crippen LogP contribution < -0.4 is 0 Å². The number of esters is 1. The second kappa shape index (κ2) is 5.15. The molecule has 0 heterocycles. The smallest absolute Gasteiger partial charge is 0.303 e. The van der Waals surface area contributed by atoms with Gasteiger partial charge in [0.15, 0.2) is 0 Å². The minimum absolute atomic E-state index is 0. The summed E-state index contributed by atoms with van der Waals surface area (Å²) in [5.74, 6) is 0.138. The summed E-state index contributed by atoms with van der Waals surface area (Å²) in [6.45, 7) is 7.24. The van der Waals surface area contributed by atoms with Crippen LogP contribution in [-0.2, 0) is 9.53 Å². The Balaban J connectivity index is 0.00000225. The highest BCUT2D eigenvalue weighted by molar-refractivity contribution is 5.66. The summed E-state index contributed by atoms with van der Waals surface area (Å²) in [5, 5.41) is 9.83. The van der Waals surface area contributed by atoms with E-state index in [0.717, 1.165) is 25.7 Å². The van der Waals surface area contributed by atoms with E-state index in [0.29, 0.717) is 5.92 Å². The predicted octanol–water partition coefficient (Wildman–Crippen LogP) is 1.44. The molecule has 1 aliphatic rings. The molecule has 4 nitrogen and oxygen atoms in total. The Bertz CT molecular complexity index is 235. The maximum absolute atomic E-state index is 11.0. The van der Waals surface area contributed by atoms with Crippen molar-refractivity contribution >= 4 is 5.97 Å². The van der Waals surface area contributed by atoms with Crippen LogP contribution in [0.25, 0.3) is 0 Å². The molecular formula is C12H24O4. The Morgan fingerprint density at radius 3 is 2.19 bits per heavy atom. The summed E-state index contributed by atoms with van der Waals surface area (Å²) in [6.07, 6.45) is 3.44. The molecule has 3 N–H and O–H groups in total. The molecule has 0 unspecified atom stereocenters. The Hall–Kier alpha value is -0.610. The van der Waals surface area contributed by atoms with Gasteiger partial charge in [0.25, 0.3) is 0 Å². The van der Waals surface area contributed by atoms with Crippen LogP contribution in [0.15, 0.2) is 0 Å². The van der Waals surface area contributed by atoms with Crippen molar-refractivity contribution in [3.05, 3.63) is 0 Å². The lowest BCUT2D eigenvalue weighted by atomic mass is 9.73. The topological polar surface area (TPSA) is 78.0 Å². The van der Waals surface area contributed by atoms with Crippen LogP contribution in [0.4, 0.5) is 0 Å². The lowest BCUT2D eigenvalue weighted by Gasteiger charge is -2.40. The summed E-state index contributed by atoms with van der Waals surface area (Å²) in [6, 6.07) is 0. The van der Waals surface area contributed by atoms with Crippen LogP contribution >= 0.6 is 0 Å². The number of hydrogen-bond acceptors (Lipinski definition) is 3. The molecule has 0 aromatic carbocycles. The number of carbonyl (C=O) groups excluding carboxylic acids is 1. The van der Waals surface area contributed by atoms with Crippen molar-refractivity contribution in [2.75, 3.05) is 0 Å². The van der Waals surface area contributed by atoms with E-state index in [-0.39, 0.29) is 11.4 Å². The summed E-state index contributed by atoms with van der Waals surface area (Å²) >= 11 is 0. The van der Waals surface area contributed by atoms with Crippen molar-refractivity contribution in [3.8, 4) is 0 Å². The van der Waals surface area contributed by atoms with Crippen LogP contribution in [0.1, 0.15) is 53.4 Å². The van der Waals surface area contributed by atoms with Gasteiger partial charge in [0.05, 0.1) is 5.60 Å². The van der Waals surface area contributed by atoms with Crippen LogP contribution in [0.2, 0.25) is 0 Å². The standard InChI is InChI=1S/C12H22O3.H2O/c1-9(13)15-11(2,3)10-5-7-12(4,14)8-6-10;/h10,14H,5-8H2,1-4H3;1H2/t10-,12+;. The minimum atomic E-state index is -0.525. The normalized spacial score (nSPS) is 30.4. The Morgan fingerprint density at radius 2 is 1.81 bits per heavy atom. The van der Waals surface area contributed by atoms with Gasteiger partial charge in [0.2, 0.25) is 0 Å². The van der Waals surface area contributed by atoms with Crippen molar-refractivity contribution in [2.24, 2.45) is 5.92 Å². The molecule has 16 heavy (non-hydrogen) atoms. The zero-order chi connectivity index (χ0) is 11.7. The molecule has 0 radical (unpaired) electrons. The lowest BCUT2D eigenvalue weighted by Crippen LogP contribution is -2.41. The van der Waals surface area contributed by atoms with E-state index in [1.165, 1.54) is 6.92 Å². The summed E-state index contributed by atoms with van der Waals surface area (Å²) in [4.78, 5) is 11.0. The molecule has 1 aliphatic carbocycles. The van der Waals surface area contributed by atoms with Gasteiger partial charge in [0, 0.05) is 6.92 Å². The average Bonchev–Trinajstić information content (AvgIpc) is 2.00. The van der Waals surface area contributed by atoms with E-state index >= 15 is 0 Å². The molecule has 0 amide bonds. The molecule has 0 bridgehead atoms. The summed E-state index contributed by atoms with van der Waals surface area (Å²) < 4.78 is 5.32. The van der Waals surface area contributed by atoms with Gasteiger partial charge in [-0.05, 0) is 52.4 Å². The van der Waals surface area contributed by atoms with Gasteiger partial charge in [-0.2, -0.15) is 0 Å². The first-order valence-corrected chi connectivity index (χ1v) is 5.65. The quantitative estimate of drug-likeness (QED) is 0.732. The van der Waals surface area contributed by atoms with E-state index in [9.17, 15) is 9.90 Å². The van der Waals surface area contributed by atoms with E-state index in [1.54, 1.807) is 0 Å².